The van der Waals surface area contributed by atoms with E-state index in [2.05, 4.69) is 25.3 Å². The highest BCUT2D eigenvalue weighted by molar-refractivity contribution is 6.04. The van der Waals surface area contributed by atoms with Crippen LogP contribution >= 0.6 is 0 Å². The van der Waals surface area contributed by atoms with Gasteiger partial charge in [-0.2, -0.15) is 0 Å². The van der Waals surface area contributed by atoms with E-state index in [1.807, 2.05) is 29.8 Å². The van der Waals surface area contributed by atoms with E-state index in [-0.39, 0.29) is 11.5 Å². The second-order valence-electron chi connectivity index (χ2n) is 7.43. The number of halogens is 2. The molecular weight excluding hydrogens is 404 g/mol. The van der Waals surface area contributed by atoms with Gasteiger partial charge >= 0.3 is 0 Å². The van der Waals surface area contributed by atoms with Crippen molar-refractivity contribution in [1.29, 1.82) is 0 Å². The average molecular weight is 421 g/mol. The Morgan fingerprint density at radius 3 is 2.71 bits per heavy atom. The summed E-state index contributed by atoms with van der Waals surface area (Å²) in [5.41, 5.74) is 2.83. The molecular formula is C21H17F2N7O. The summed E-state index contributed by atoms with van der Waals surface area (Å²) in [6.07, 6.45) is 6.53. The van der Waals surface area contributed by atoms with Crippen molar-refractivity contribution in [3.63, 3.8) is 0 Å². The lowest BCUT2D eigenvalue weighted by Crippen LogP contribution is -2.56. The molecule has 0 radical (unpaired) electrons. The van der Waals surface area contributed by atoms with Gasteiger partial charge in [-0.25, -0.2) is 28.7 Å². The minimum atomic E-state index is -2.72. The fourth-order valence-electron chi connectivity index (χ4n) is 3.46. The predicted octanol–water partition coefficient (Wildman–Crippen LogP) is 3.13. The van der Waals surface area contributed by atoms with Gasteiger partial charge in [-0.05, 0) is 18.2 Å². The Bertz CT molecular complexity index is 1300. The lowest BCUT2D eigenvalue weighted by atomic mass is 10.1. The number of benzene rings is 1. The van der Waals surface area contributed by atoms with Crippen LogP contribution in [0.3, 0.4) is 0 Å². The quantitative estimate of drug-likeness (QED) is 0.545. The van der Waals surface area contributed by atoms with Crippen molar-refractivity contribution in [2.45, 2.75) is 5.92 Å². The van der Waals surface area contributed by atoms with Gasteiger partial charge in [0.15, 0.2) is 0 Å². The van der Waals surface area contributed by atoms with Crippen LogP contribution in [-0.2, 0) is 7.05 Å². The van der Waals surface area contributed by atoms with Crippen LogP contribution in [0.2, 0.25) is 0 Å². The van der Waals surface area contributed by atoms with Crippen molar-refractivity contribution < 1.29 is 13.6 Å². The molecule has 0 saturated carbocycles. The number of anilines is 2. The Morgan fingerprint density at radius 1 is 1.13 bits per heavy atom. The number of carbonyl (C=O) groups is 1. The molecule has 10 heteroatoms. The Balaban J connectivity index is 1.37. The number of amides is 1. The molecule has 3 aromatic heterocycles. The normalized spacial score (nSPS) is 15.0. The third-order valence-electron chi connectivity index (χ3n) is 5.10. The van der Waals surface area contributed by atoms with Gasteiger partial charge in [0, 0.05) is 36.0 Å². The summed E-state index contributed by atoms with van der Waals surface area (Å²) < 4.78 is 28.1. The van der Waals surface area contributed by atoms with Crippen LogP contribution in [0.15, 0.2) is 55.2 Å². The lowest BCUT2D eigenvalue weighted by molar-refractivity contribution is -0.0267. The molecule has 1 aliphatic rings. The van der Waals surface area contributed by atoms with E-state index < -0.39 is 24.9 Å². The maximum atomic E-state index is 13.1. The van der Waals surface area contributed by atoms with Gasteiger partial charge in [0.1, 0.15) is 5.82 Å². The summed E-state index contributed by atoms with van der Waals surface area (Å²) in [6, 6.07) is 8.75. The number of rotatable bonds is 4. The number of carbonyl (C=O) groups excluding carboxylic acids is 1. The van der Waals surface area contributed by atoms with E-state index >= 15 is 0 Å². The van der Waals surface area contributed by atoms with E-state index in [9.17, 15) is 13.6 Å². The number of hydrogen-bond donors (Lipinski definition) is 1. The zero-order valence-corrected chi connectivity index (χ0v) is 16.5. The molecule has 156 valence electrons. The van der Waals surface area contributed by atoms with Crippen molar-refractivity contribution in [2.75, 3.05) is 23.3 Å². The minimum Gasteiger partial charge on any atom is -0.344 e. The maximum absolute atomic E-state index is 13.1. The van der Waals surface area contributed by atoms with Gasteiger partial charge < -0.3 is 9.47 Å². The van der Waals surface area contributed by atoms with Crippen LogP contribution in [0.4, 0.5) is 20.5 Å². The molecule has 0 aliphatic carbocycles. The summed E-state index contributed by atoms with van der Waals surface area (Å²) in [7, 11) is 1.91. The van der Waals surface area contributed by atoms with Crippen LogP contribution < -0.4 is 10.2 Å². The molecule has 5 rings (SSSR count). The van der Waals surface area contributed by atoms with Crippen LogP contribution in [0, 0.1) is 0 Å². The standard InChI is InChI=1S/C21H17F2N7O/c1-29-12-24-9-17(29)13-2-3-15-8-26-20(27-16(15)6-13)28-19(31)14-4-5-25-18(7-14)30-10-21(22,23)11-30/h2-9,12H,10-11H2,1H3,(H,26,27,28,31). The van der Waals surface area contributed by atoms with Gasteiger partial charge in [0.25, 0.3) is 11.8 Å². The van der Waals surface area contributed by atoms with E-state index in [1.54, 1.807) is 18.7 Å². The number of fused-ring (bicyclic) bond motifs is 1. The molecule has 1 saturated heterocycles. The van der Waals surface area contributed by atoms with Gasteiger partial charge in [0.2, 0.25) is 5.95 Å². The first-order valence-electron chi connectivity index (χ1n) is 9.52. The van der Waals surface area contributed by atoms with Crippen molar-refractivity contribution in [1.82, 2.24) is 24.5 Å². The molecule has 1 aromatic carbocycles. The third kappa shape index (κ3) is 3.67. The smallest absolute Gasteiger partial charge is 0.282 e. The molecule has 4 heterocycles. The molecule has 0 bridgehead atoms. The topological polar surface area (TPSA) is 88.8 Å². The minimum absolute atomic E-state index is 0.147. The van der Waals surface area contributed by atoms with Crippen molar-refractivity contribution in [3.05, 3.63) is 60.8 Å². The number of imidazole rings is 1. The first-order valence-corrected chi connectivity index (χ1v) is 9.52. The van der Waals surface area contributed by atoms with Gasteiger partial charge in [-0.15, -0.1) is 0 Å². The summed E-state index contributed by atoms with van der Waals surface area (Å²) in [5, 5.41) is 3.49. The van der Waals surface area contributed by atoms with E-state index in [4.69, 9.17) is 0 Å². The molecule has 0 spiro atoms. The van der Waals surface area contributed by atoms with Crippen LogP contribution in [0.25, 0.3) is 22.2 Å². The van der Waals surface area contributed by atoms with Gasteiger partial charge in [0.05, 0.1) is 36.8 Å². The Morgan fingerprint density at radius 2 is 1.97 bits per heavy atom. The molecule has 1 N–H and O–H groups in total. The SMILES string of the molecule is Cn1cncc1-c1ccc2cnc(NC(=O)c3ccnc(N4CC(F)(F)C4)c3)nc2c1. The van der Waals surface area contributed by atoms with Crippen molar-refractivity contribution in [2.24, 2.45) is 7.05 Å². The zero-order chi connectivity index (χ0) is 21.6. The van der Waals surface area contributed by atoms with E-state index in [0.717, 1.165) is 16.6 Å². The molecule has 1 amide bonds. The Hall–Kier alpha value is -3.95. The van der Waals surface area contributed by atoms with Crippen LogP contribution in [-0.4, -0.2) is 49.4 Å². The maximum Gasteiger partial charge on any atom is 0.282 e. The fourth-order valence-corrected chi connectivity index (χ4v) is 3.46. The summed E-state index contributed by atoms with van der Waals surface area (Å²) in [5.74, 6) is -2.68. The zero-order valence-electron chi connectivity index (χ0n) is 16.5. The highest BCUT2D eigenvalue weighted by Crippen LogP contribution is 2.30. The van der Waals surface area contributed by atoms with E-state index in [0.29, 0.717) is 11.3 Å². The third-order valence-corrected chi connectivity index (χ3v) is 5.10. The molecule has 31 heavy (non-hydrogen) atoms. The molecule has 8 nitrogen and oxygen atoms in total. The fraction of sp³-hybridized carbons (Fsp3) is 0.190. The second-order valence-corrected chi connectivity index (χ2v) is 7.43. The highest BCUT2D eigenvalue weighted by Gasteiger charge is 2.44. The van der Waals surface area contributed by atoms with Crippen molar-refractivity contribution >= 4 is 28.6 Å². The molecule has 1 fully saturated rings. The van der Waals surface area contributed by atoms with Gasteiger partial charge in [-0.1, -0.05) is 12.1 Å². The number of alkyl halides is 2. The average Bonchev–Trinajstić information content (AvgIpc) is 3.17. The summed E-state index contributed by atoms with van der Waals surface area (Å²) in [4.78, 5) is 30.9. The Kier molecular flexibility index (Phi) is 4.35. The first kappa shape index (κ1) is 19.0. The number of aromatic nitrogens is 5. The molecule has 0 atom stereocenters. The molecule has 1 aliphatic heterocycles. The number of hydrogen-bond acceptors (Lipinski definition) is 6. The number of nitrogens with one attached hydrogen (secondary N) is 1. The predicted molar refractivity (Wildman–Crippen MR) is 111 cm³/mol. The van der Waals surface area contributed by atoms with Crippen molar-refractivity contribution in [3.8, 4) is 11.3 Å². The highest BCUT2D eigenvalue weighted by atomic mass is 19.3. The molecule has 0 unspecified atom stereocenters. The van der Waals surface area contributed by atoms with Crippen LogP contribution in [0.5, 0.6) is 0 Å². The number of nitrogens with zero attached hydrogens (tertiary/aromatic N) is 6. The molecule has 4 aromatic rings. The second kappa shape index (κ2) is 7.08. The summed E-state index contributed by atoms with van der Waals surface area (Å²) in [6.45, 7) is -0.810. The lowest BCUT2D eigenvalue weighted by Gasteiger charge is -2.39. The largest absolute Gasteiger partial charge is 0.344 e. The van der Waals surface area contributed by atoms with Crippen LogP contribution in [0.1, 0.15) is 10.4 Å². The first-order chi connectivity index (χ1) is 14.9. The Labute approximate surface area is 175 Å². The summed E-state index contributed by atoms with van der Waals surface area (Å²) >= 11 is 0. The monoisotopic (exact) mass is 421 g/mol. The van der Waals surface area contributed by atoms with E-state index in [1.165, 1.54) is 23.2 Å². The number of aryl methyl sites for hydroxylation is 1. The van der Waals surface area contributed by atoms with Gasteiger partial charge in [-0.3, -0.25) is 10.1 Å². The number of pyridine rings is 1.